The first kappa shape index (κ1) is 27.9. The average molecular weight is 577 g/mol. The Kier molecular flexibility index (Phi) is 7.97. The summed E-state index contributed by atoms with van der Waals surface area (Å²) in [5, 5.41) is 8.71. The second kappa shape index (κ2) is 11.4. The van der Waals surface area contributed by atoms with Crippen molar-refractivity contribution in [2.75, 3.05) is 0 Å². The number of halogens is 2. The molecule has 7 nitrogen and oxygen atoms in total. The minimum absolute atomic E-state index is 0.113. The standard InChI is InChI=1S/C31H31Cl2N5O2/c1-31(2)21(15-29(39)36-27(30(34)40)13-19-7-4-3-5-8-19)14-23(31)28-17-26(20-9-6-12-35-18-20)37-38(28)22-10-11-24(32)25(33)16-22/h3-12,16-18,21,23,27H,13-15H2,1-2H3,(H2,34,40)(H,36,39)/t21-,23-,27-/m1/s1. The number of carbonyl (C=O) groups is 2. The van der Waals surface area contributed by atoms with Gasteiger partial charge in [-0.05, 0) is 59.7 Å². The topological polar surface area (TPSA) is 103 Å². The van der Waals surface area contributed by atoms with Crippen molar-refractivity contribution in [2.45, 2.75) is 45.1 Å². The maximum atomic E-state index is 13.1. The lowest BCUT2D eigenvalue weighted by Crippen LogP contribution is -2.49. The Morgan fingerprint density at radius 1 is 1.07 bits per heavy atom. The number of primary amides is 1. The van der Waals surface area contributed by atoms with Crippen LogP contribution in [0.25, 0.3) is 16.9 Å². The van der Waals surface area contributed by atoms with Gasteiger partial charge in [0.1, 0.15) is 6.04 Å². The molecule has 1 saturated carbocycles. The third kappa shape index (κ3) is 5.76. The molecule has 0 radical (unpaired) electrons. The SMILES string of the molecule is CC1(C)[C@@H](CC(=O)N[C@H](Cc2ccccc2)C(N)=O)C[C@@H]1c1cc(-c2cccnc2)nn1-c1ccc(Cl)c(Cl)c1. The highest BCUT2D eigenvalue weighted by atomic mass is 35.5. The number of rotatable bonds is 9. The highest BCUT2D eigenvalue weighted by Crippen LogP contribution is 2.58. The number of pyridine rings is 1. The van der Waals surface area contributed by atoms with Crippen molar-refractivity contribution in [2.24, 2.45) is 17.1 Å². The zero-order chi connectivity index (χ0) is 28.4. The molecule has 3 atom stereocenters. The van der Waals surface area contributed by atoms with Crippen LogP contribution in [0.3, 0.4) is 0 Å². The van der Waals surface area contributed by atoms with Crippen LogP contribution < -0.4 is 11.1 Å². The molecule has 0 saturated heterocycles. The molecule has 0 unspecified atom stereocenters. The van der Waals surface area contributed by atoms with Gasteiger partial charge in [0.25, 0.3) is 0 Å². The molecule has 1 aliphatic carbocycles. The number of aromatic nitrogens is 3. The van der Waals surface area contributed by atoms with Crippen LogP contribution in [-0.4, -0.2) is 32.6 Å². The van der Waals surface area contributed by atoms with E-state index in [9.17, 15) is 9.59 Å². The quantitative estimate of drug-likeness (QED) is 0.256. The fourth-order valence-electron chi connectivity index (χ4n) is 5.54. The van der Waals surface area contributed by atoms with Gasteiger partial charge >= 0.3 is 0 Å². The Hall–Kier alpha value is -3.68. The zero-order valence-corrected chi connectivity index (χ0v) is 23.9. The summed E-state index contributed by atoms with van der Waals surface area (Å²) in [6.45, 7) is 4.34. The predicted octanol–water partition coefficient (Wildman–Crippen LogP) is 5.97. The highest BCUT2D eigenvalue weighted by molar-refractivity contribution is 6.42. The average Bonchev–Trinajstić information content (AvgIpc) is 3.37. The van der Waals surface area contributed by atoms with E-state index in [1.807, 2.05) is 53.2 Å². The van der Waals surface area contributed by atoms with Gasteiger partial charge in [0.05, 0.1) is 21.4 Å². The second-order valence-corrected chi connectivity index (χ2v) is 11.7. The fourth-order valence-corrected chi connectivity index (χ4v) is 5.83. The van der Waals surface area contributed by atoms with Crippen molar-refractivity contribution in [3.05, 3.63) is 100 Å². The molecule has 206 valence electrons. The van der Waals surface area contributed by atoms with E-state index in [0.717, 1.165) is 34.6 Å². The molecule has 40 heavy (non-hydrogen) atoms. The monoisotopic (exact) mass is 575 g/mol. The molecular formula is C31H31Cl2N5O2. The van der Waals surface area contributed by atoms with Crippen LogP contribution in [-0.2, 0) is 16.0 Å². The largest absolute Gasteiger partial charge is 0.368 e. The van der Waals surface area contributed by atoms with Gasteiger partial charge in [0.2, 0.25) is 11.8 Å². The molecular weight excluding hydrogens is 545 g/mol. The van der Waals surface area contributed by atoms with Crippen LogP contribution in [0.5, 0.6) is 0 Å². The Morgan fingerprint density at radius 2 is 1.85 bits per heavy atom. The summed E-state index contributed by atoms with van der Waals surface area (Å²) < 4.78 is 1.91. The van der Waals surface area contributed by atoms with E-state index in [-0.39, 0.29) is 23.2 Å². The summed E-state index contributed by atoms with van der Waals surface area (Å²) in [7, 11) is 0. The molecule has 2 aromatic heterocycles. The van der Waals surface area contributed by atoms with Gasteiger partial charge in [-0.2, -0.15) is 5.10 Å². The number of nitrogens with zero attached hydrogens (tertiary/aromatic N) is 3. The first-order chi connectivity index (χ1) is 19.1. The van der Waals surface area contributed by atoms with E-state index in [1.165, 1.54) is 0 Å². The summed E-state index contributed by atoms with van der Waals surface area (Å²) in [4.78, 5) is 29.4. The Bertz CT molecular complexity index is 1520. The molecule has 5 rings (SSSR count). The maximum Gasteiger partial charge on any atom is 0.240 e. The van der Waals surface area contributed by atoms with Gasteiger partial charge in [0.15, 0.2) is 0 Å². The first-order valence-electron chi connectivity index (χ1n) is 13.2. The van der Waals surface area contributed by atoms with Crippen molar-refractivity contribution >= 4 is 35.0 Å². The smallest absolute Gasteiger partial charge is 0.240 e. The summed E-state index contributed by atoms with van der Waals surface area (Å²) >= 11 is 12.5. The molecule has 0 spiro atoms. The number of hydrogen-bond donors (Lipinski definition) is 2. The Balaban J connectivity index is 1.35. The van der Waals surface area contributed by atoms with Crippen molar-refractivity contribution in [1.29, 1.82) is 0 Å². The molecule has 9 heteroatoms. The van der Waals surface area contributed by atoms with E-state index in [2.05, 4.69) is 30.2 Å². The first-order valence-corrected chi connectivity index (χ1v) is 14.0. The summed E-state index contributed by atoms with van der Waals surface area (Å²) in [6, 6.07) is 20.2. The number of nitrogens with one attached hydrogen (secondary N) is 1. The van der Waals surface area contributed by atoms with Gasteiger partial charge in [-0.1, -0.05) is 67.4 Å². The van der Waals surface area contributed by atoms with Crippen LogP contribution in [0.2, 0.25) is 10.0 Å². The van der Waals surface area contributed by atoms with Gasteiger partial charge in [-0.15, -0.1) is 0 Å². The molecule has 0 bridgehead atoms. The van der Waals surface area contributed by atoms with Gasteiger partial charge in [-0.3, -0.25) is 14.6 Å². The Morgan fingerprint density at radius 3 is 2.50 bits per heavy atom. The number of benzene rings is 2. The number of hydrogen-bond acceptors (Lipinski definition) is 4. The molecule has 4 aromatic rings. The zero-order valence-electron chi connectivity index (χ0n) is 22.4. The molecule has 0 aliphatic heterocycles. The van der Waals surface area contributed by atoms with Crippen LogP contribution >= 0.6 is 23.2 Å². The van der Waals surface area contributed by atoms with Crippen LogP contribution in [0, 0.1) is 11.3 Å². The third-order valence-corrected chi connectivity index (χ3v) is 8.80. The van der Waals surface area contributed by atoms with Gasteiger partial charge in [0, 0.05) is 42.4 Å². The summed E-state index contributed by atoms with van der Waals surface area (Å²) in [5.41, 5.74) is 9.89. The number of amides is 2. The number of carbonyl (C=O) groups excluding carboxylic acids is 2. The van der Waals surface area contributed by atoms with Gasteiger partial charge in [-0.25, -0.2) is 4.68 Å². The van der Waals surface area contributed by atoms with E-state index in [1.54, 1.807) is 24.5 Å². The second-order valence-electron chi connectivity index (χ2n) is 10.9. The van der Waals surface area contributed by atoms with Crippen molar-refractivity contribution in [3.63, 3.8) is 0 Å². The molecule has 2 heterocycles. The lowest BCUT2D eigenvalue weighted by atomic mass is 9.52. The van der Waals surface area contributed by atoms with Crippen molar-refractivity contribution in [3.8, 4) is 16.9 Å². The van der Waals surface area contributed by atoms with Crippen molar-refractivity contribution < 1.29 is 9.59 Å². The highest BCUT2D eigenvalue weighted by Gasteiger charge is 2.50. The van der Waals surface area contributed by atoms with Gasteiger partial charge < -0.3 is 11.1 Å². The lowest BCUT2D eigenvalue weighted by Gasteiger charge is -2.52. The molecule has 1 aliphatic rings. The van der Waals surface area contributed by atoms with Crippen LogP contribution in [0.4, 0.5) is 0 Å². The van der Waals surface area contributed by atoms with Crippen molar-refractivity contribution in [1.82, 2.24) is 20.1 Å². The van der Waals surface area contributed by atoms with E-state index in [4.69, 9.17) is 34.0 Å². The molecule has 3 N–H and O–H groups in total. The van der Waals surface area contributed by atoms with E-state index >= 15 is 0 Å². The number of nitrogens with two attached hydrogens (primary N) is 1. The molecule has 1 fully saturated rings. The normalized spacial score (nSPS) is 18.5. The van der Waals surface area contributed by atoms with Crippen LogP contribution in [0.1, 0.15) is 43.9 Å². The van der Waals surface area contributed by atoms with Crippen LogP contribution in [0.15, 0.2) is 79.1 Å². The minimum atomic E-state index is -0.757. The maximum absolute atomic E-state index is 13.1. The third-order valence-electron chi connectivity index (χ3n) is 8.06. The Labute approximate surface area is 243 Å². The fraction of sp³-hybridized carbons (Fsp3) is 0.290. The lowest BCUT2D eigenvalue weighted by molar-refractivity contribution is -0.130. The summed E-state index contributed by atoms with van der Waals surface area (Å²) in [6.07, 6.45) is 4.97. The van der Waals surface area contributed by atoms with E-state index in [0.29, 0.717) is 22.9 Å². The molecule has 2 amide bonds. The summed E-state index contributed by atoms with van der Waals surface area (Å²) in [5.74, 6) is -0.475. The predicted molar refractivity (Wildman–Crippen MR) is 157 cm³/mol. The molecule has 2 aromatic carbocycles. The minimum Gasteiger partial charge on any atom is -0.368 e. The van der Waals surface area contributed by atoms with E-state index < -0.39 is 11.9 Å².